The predicted octanol–water partition coefficient (Wildman–Crippen LogP) is 3.01. The van der Waals surface area contributed by atoms with Crippen LogP contribution in [0.5, 0.6) is 0 Å². The summed E-state index contributed by atoms with van der Waals surface area (Å²) in [6.07, 6.45) is 4.15. The molecule has 3 N–H and O–H groups in total. The van der Waals surface area contributed by atoms with Crippen LogP contribution >= 0.6 is 0 Å². The molecule has 8 nitrogen and oxygen atoms in total. The van der Waals surface area contributed by atoms with Crippen molar-refractivity contribution in [3.05, 3.63) is 65.7 Å². The molecule has 2 fully saturated rings. The molecule has 4 atom stereocenters. The highest BCUT2D eigenvalue weighted by Crippen LogP contribution is 2.31. The third-order valence-corrected chi connectivity index (χ3v) is 7.36. The van der Waals surface area contributed by atoms with E-state index in [4.69, 9.17) is 9.47 Å². The molecule has 37 heavy (non-hydrogen) atoms. The molecule has 2 aromatic rings. The lowest BCUT2D eigenvalue weighted by Gasteiger charge is -2.32. The van der Waals surface area contributed by atoms with E-state index >= 15 is 0 Å². The summed E-state index contributed by atoms with van der Waals surface area (Å²) in [4.78, 5) is 17.4. The molecule has 202 valence electrons. The first-order valence-corrected chi connectivity index (χ1v) is 13.5. The Morgan fingerprint density at radius 3 is 2.51 bits per heavy atom. The molecule has 4 unspecified atom stereocenters. The number of nitrogens with zero attached hydrogens (tertiary/aromatic N) is 2. The second-order valence-corrected chi connectivity index (χ2v) is 10.5. The lowest BCUT2D eigenvalue weighted by atomic mass is 9.82. The average molecular weight is 510 g/mol. The number of carbonyl (C=O) groups excluding carboxylic acids is 1. The van der Waals surface area contributed by atoms with Crippen LogP contribution in [0, 0.1) is 5.92 Å². The van der Waals surface area contributed by atoms with Crippen LogP contribution in [0.1, 0.15) is 41.6 Å². The maximum Gasteiger partial charge on any atom is 0.252 e. The van der Waals surface area contributed by atoms with Crippen LogP contribution in [-0.2, 0) is 16.1 Å². The fourth-order valence-electron chi connectivity index (χ4n) is 5.20. The van der Waals surface area contributed by atoms with E-state index < -0.39 is 0 Å². The predicted molar refractivity (Wildman–Crippen MR) is 147 cm³/mol. The topological polar surface area (TPSA) is 78.1 Å². The lowest BCUT2D eigenvalue weighted by Crippen LogP contribution is -2.47. The van der Waals surface area contributed by atoms with Gasteiger partial charge in [0.05, 0.1) is 32.1 Å². The zero-order chi connectivity index (χ0) is 26.0. The van der Waals surface area contributed by atoms with Crippen molar-refractivity contribution in [3.63, 3.8) is 0 Å². The normalized spacial score (nSPS) is 23.1. The summed E-state index contributed by atoms with van der Waals surface area (Å²) in [5, 5.41) is 3.19. The quantitative estimate of drug-likeness (QED) is 0.358. The van der Waals surface area contributed by atoms with Gasteiger partial charge >= 0.3 is 0 Å². The van der Waals surface area contributed by atoms with E-state index in [2.05, 4.69) is 59.2 Å². The van der Waals surface area contributed by atoms with Crippen LogP contribution in [0.2, 0.25) is 0 Å². The van der Waals surface area contributed by atoms with Crippen LogP contribution in [0.25, 0.3) is 0 Å². The molecular weight excluding hydrogens is 466 g/mol. The second-order valence-electron chi connectivity index (χ2n) is 10.5. The molecule has 8 heteroatoms. The third kappa shape index (κ3) is 8.25. The number of nitrogens with one attached hydrogen (secondary N) is 3. The molecule has 2 aromatic carbocycles. The molecule has 1 amide bonds. The fraction of sp³-hybridized carbons (Fsp3) is 0.552. The molecular formula is C29H43N5O3. The number of carbonyl (C=O) groups is 1. The smallest absolute Gasteiger partial charge is 0.252 e. The Morgan fingerprint density at radius 2 is 1.76 bits per heavy atom. The number of rotatable bonds is 13. The number of amides is 1. The molecule has 4 rings (SSSR count). The largest absolute Gasteiger partial charge is 0.376 e. The fourth-order valence-corrected chi connectivity index (χ4v) is 5.20. The number of ether oxygens (including phenoxy) is 2. The number of fused-ring (bicyclic) bond motifs is 1. The highest BCUT2D eigenvalue weighted by atomic mass is 16.5. The van der Waals surface area contributed by atoms with Gasteiger partial charge in [0.25, 0.3) is 5.91 Å². The summed E-state index contributed by atoms with van der Waals surface area (Å²) in [6.45, 7) is 3.85. The SMILES string of the molecule is CN(C)CCCN(C)c1ccc(C(=O)NC2NNC3CC(OCCOCc4ccccc4)CCC32)cc1. The number of anilines is 1. The van der Waals surface area contributed by atoms with Crippen LogP contribution in [-0.4, -0.2) is 76.6 Å². The first-order chi connectivity index (χ1) is 18.0. The number of hydrazine groups is 1. The van der Waals surface area contributed by atoms with Gasteiger partial charge in [-0.05, 0) is 76.2 Å². The van der Waals surface area contributed by atoms with Crippen LogP contribution in [0.15, 0.2) is 54.6 Å². The summed E-state index contributed by atoms with van der Waals surface area (Å²) >= 11 is 0. The van der Waals surface area contributed by atoms with Gasteiger partial charge in [-0.3, -0.25) is 10.2 Å². The summed E-state index contributed by atoms with van der Waals surface area (Å²) < 4.78 is 11.8. The van der Waals surface area contributed by atoms with Crippen LogP contribution in [0.4, 0.5) is 5.69 Å². The Bertz CT molecular complexity index is 956. The molecule has 0 bridgehead atoms. The van der Waals surface area contributed by atoms with E-state index in [1.54, 1.807) is 0 Å². The number of hydrogen-bond donors (Lipinski definition) is 3. The van der Waals surface area contributed by atoms with Crippen molar-refractivity contribution in [2.75, 3.05) is 52.3 Å². The van der Waals surface area contributed by atoms with Crippen molar-refractivity contribution in [1.29, 1.82) is 0 Å². The molecule has 0 aromatic heterocycles. The summed E-state index contributed by atoms with van der Waals surface area (Å²) in [5.41, 5.74) is 9.67. The van der Waals surface area contributed by atoms with Gasteiger partial charge in [-0.1, -0.05) is 30.3 Å². The van der Waals surface area contributed by atoms with E-state index in [-0.39, 0.29) is 24.2 Å². The van der Waals surface area contributed by atoms with Gasteiger partial charge in [0, 0.05) is 36.8 Å². The standard InChI is InChI=1S/C29H43N5O3/c1-33(2)16-7-17-34(3)24-12-10-23(11-13-24)29(35)30-28-26-15-14-25(20-27(26)31-32-28)37-19-18-36-21-22-8-5-4-6-9-22/h4-6,8-13,25-28,31-32H,7,14-21H2,1-3H3,(H,30,35). The Labute approximate surface area is 221 Å². The minimum atomic E-state index is -0.0824. The maximum atomic E-state index is 12.9. The lowest BCUT2D eigenvalue weighted by molar-refractivity contribution is -0.0239. The Kier molecular flexibility index (Phi) is 10.3. The number of hydrogen-bond acceptors (Lipinski definition) is 7. The van der Waals surface area contributed by atoms with E-state index in [1.165, 1.54) is 5.56 Å². The van der Waals surface area contributed by atoms with Gasteiger partial charge in [-0.25, -0.2) is 5.43 Å². The molecule has 0 radical (unpaired) electrons. The van der Waals surface area contributed by atoms with Crippen molar-refractivity contribution in [2.45, 2.75) is 50.6 Å². The van der Waals surface area contributed by atoms with Crippen molar-refractivity contribution in [3.8, 4) is 0 Å². The van der Waals surface area contributed by atoms with Gasteiger partial charge in [0.15, 0.2) is 0 Å². The van der Waals surface area contributed by atoms with Gasteiger partial charge in [0.1, 0.15) is 0 Å². The first kappa shape index (κ1) is 27.5. The summed E-state index contributed by atoms with van der Waals surface area (Å²) in [7, 11) is 6.28. The van der Waals surface area contributed by atoms with E-state index in [9.17, 15) is 4.79 Å². The molecule has 1 aliphatic carbocycles. The average Bonchev–Trinajstić information content (AvgIpc) is 3.30. The first-order valence-electron chi connectivity index (χ1n) is 13.5. The Balaban J connectivity index is 1.16. The Morgan fingerprint density at radius 1 is 0.973 bits per heavy atom. The maximum absolute atomic E-state index is 12.9. The molecule has 2 aliphatic rings. The van der Waals surface area contributed by atoms with E-state index in [0.29, 0.717) is 31.3 Å². The van der Waals surface area contributed by atoms with Gasteiger partial charge in [-0.2, -0.15) is 0 Å². The van der Waals surface area contributed by atoms with Crippen molar-refractivity contribution < 1.29 is 14.3 Å². The monoisotopic (exact) mass is 509 g/mol. The van der Waals surface area contributed by atoms with Crippen LogP contribution < -0.4 is 21.1 Å². The zero-order valence-electron chi connectivity index (χ0n) is 22.5. The van der Waals surface area contributed by atoms with Crippen molar-refractivity contribution in [1.82, 2.24) is 21.1 Å². The highest BCUT2D eigenvalue weighted by molar-refractivity contribution is 5.94. The van der Waals surface area contributed by atoms with E-state index in [1.807, 2.05) is 42.5 Å². The third-order valence-electron chi connectivity index (χ3n) is 7.36. The van der Waals surface area contributed by atoms with Gasteiger partial charge < -0.3 is 24.6 Å². The van der Waals surface area contributed by atoms with Crippen molar-refractivity contribution >= 4 is 11.6 Å². The Hall–Kier alpha value is -2.49. The van der Waals surface area contributed by atoms with Gasteiger partial charge in [0.2, 0.25) is 0 Å². The minimum Gasteiger partial charge on any atom is -0.376 e. The zero-order valence-corrected chi connectivity index (χ0v) is 22.5. The summed E-state index contributed by atoms with van der Waals surface area (Å²) in [5.74, 6) is 0.302. The highest BCUT2D eigenvalue weighted by Gasteiger charge is 2.41. The second kappa shape index (κ2) is 13.9. The molecule has 1 aliphatic heterocycles. The number of benzene rings is 2. The van der Waals surface area contributed by atoms with Gasteiger partial charge in [-0.15, -0.1) is 0 Å². The van der Waals surface area contributed by atoms with Crippen molar-refractivity contribution in [2.24, 2.45) is 5.92 Å². The molecule has 0 spiro atoms. The van der Waals surface area contributed by atoms with E-state index in [0.717, 1.165) is 44.5 Å². The molecule has 1 saturated carbocycles. The minimum absolute atomic E-state index is 0.0456. The molecule has 1 saturated heterocycles. The molecule has 1 heterocycles. The summed E-state index contributed by atoms with van der Waals surface area (Å²) in [6, 6.07) is 18.4. The van der Waals surface area contributed by atoms with Crippen LogP contribution in [0.3, 0.4) is 0 Å².